The smallest absolute Gasteiger partial charge is 0.331 e. The molecule has 10 heteroatoms. The highest BCUT2D eigenvalue weighted by atomic mass is 32.2. The molecule has 0 atom stereocenters. The molecule has 1 heterocycles. The summed E-state index contributed by atoms with van der Waals surface area (Å²) in [6, 6.07) is 7.60. The molecule has 0 aliphatic heterocycles. The summed E-state index contributed by atoms with van der Waals surface area (Å²) in [6.07, 6.45) is 1.24. The van der Waals surface area contributed by atoms with E-state index >= 15 is 0 Å². The van der Waals surface area contributed by atoms with Gasteiger partial charge in [0.2, 0.25) is 10.0 Å². The van der Waals surface area contributed by atoms with Crippen LogP contribution >= 0.6 is 0 Å². The third kappa shape index (κ3) is 4.27. The van der Waals surface area contributed by atoms with Crippen LogP contribution in [0.3, 0.4) is 0 Å². The van der Waals surface area contributed by atoms with Gasteiger partial charge in [-0.1, -0.05) is 0 Å². The van der Waals surface area contributed by atoms with Gasteiger partial charge in [0.05, 0.1) is 11.4 Å². The Balaban J connectivity index is 2.15. The second-order valence-corrected chi connectivity index (χ2v) is 7.94. The van der Waals surface area contributed by atoms with Crippen molar-refractivity contribution < 1.29 is 13.2 Å². The van der Waals surface area contributed by atoms with E-state index in [4.69, 9.17) is 10.00 Å². The zero-order chi connectivity index (χ0) is 20.2. The molecule has 0 saturated heterocycles. The van der Waals surface area contributed by atoms with E-state index in [9.17, 15) is 18.0 Å². The molecule has 9 nitrogen and oxygen atoms in total. The second kappa shape index (κ2) is 8.20. The molecule has 0 saturated carbocycles. The minimum atomic E-state index is -3.53. The molecule has 1 aromatic carbocycles. The van der Waals surface area contributed by atoms with Gasteiger partial charge in [0, 0.05) is 26.8 Å². The maximum Gasteiger partial charge on any atom is 0.331 e. The summed E-state index contributed by atoms with van der Waals surface area (Å²) in [5.41, 5.74) is -1.30. The van der Waals surface area contributed by atoms with E-state index in [-0.39, 0.29) is 23.6 Å². The number of aryl methyl sites for hydroxylation is 1. The molecule has 1 aromatic heterocycles. The topological polar surface area (TPSA) is 114 Å². The summed E-state index contributed by atoms with van der Waals surface area (Å²) in [5.74, 6) is 0.396. The van der Waals surface area contributed by atoms with Crippen LogP contribution < -0.4 is 16.0 Å². The van der Waals surface area contributed by atoms with Crippen LogP contribution in [0.2, 0.25) is 0 Å². The SMILES string of the molecule is CCn1cc(C#N)c(=O)n(CCOc2ccc(S(=O)(=O)N(C)C)cc2)c1=O. The highest BCUT2D eigenvalue weighted by Crippen LogP contribution is 2.18. The van der Waals surface area contributed by atoms with Crippen molar-refractivity contribution in [2.75, 3.05) is 20.7 Å². The Bertz CT molecular complexity index is 1080. The summed E-state index contributed by atoms with van der Waals surface area (Å²) < 4.78 is 32.9. The quantitative estimate of drug-likeness (QED) is 0.666. The van der Waals surface area contributed by atoms with Crippen LogP contribution in [0, 0.1) is 11.3 Å². The van der Waals surface area contributed by atoms with Gasteiger partial charge in [-0.15, -0.1) is 0 Å². The van der Waals surface area contributed by atoms with Crippen molar-refractivity contribution in [3.63, 3.8) is 0 Å². The highest BCUT2D eigenvalue weighted by Gasteiger charge is 2.16. The van der Waals surface area contributed by atoms with E-state index in [2.05, 4.69) is 0 Å². The van der Waals surface area contributed by atoms with Gasteiger partial charge < -0.3 is 4.74 Å². The van der Waals surface area contributed by atoms with Crippen molar-refractivity contribution in [2.45, 2.75) is 24.9 Å². The molecule has 0 amide bonds. The number of aromatic nitrogens is 2. The molecule has 144 valence electrons. The fourth-order valence-electron chi connectivity index (χ4n) is 2.33. The summed E-state index contributed by atoms with van der Waals surface area (Å²) in [5, 5.41) is 9.03. The molecule has 0 fully saturated rings. The Morgan fingerprint density at radius 2 is 1.81 bits per heavy atom. The highest BCUT2D eigenvalue weighted by molar-refractivity contribution is 7.89. The molecular weight excluding hydrogens is 372 g/mol. The minimum Gasteiger partial charge on any atom is -0.492 e. The predicted molar refractivity (Wildman–Crippen MR) is 98.2 cm³/mol. The summed E-state index contributed by atoms with van der Waals surface area (Å²) >= 11 is 0. The molecule has 27 heavy (non-hydrogen) atoms. The lowest BCUT2D eigenvalue weighted by atomic mass is 10.3. The number of sulfonamides is 1. The van der Waals surface area contributed by atoms with E-state index in [1.165, 1.54) is 49.1 Å². The first-order valence-corrected chi connectivity index (χ1v) is 9.56. The first-order valence-electron chi connectivity index (χ1n) is 8.12. The van der Waals surface area contributed by atoms with Gasteiger partial charge >= 0.3 is 5.69 Å². The molecule has 0 bridgehead atoms. The number of nitrogens with zero attached hydrogens (tertiary/aromatic N) is 4. The summed E-state index contributed by atoms with van der Waals surface area (Å²) in [6.45, 7) is 2.03. The lowest BCUT2D eigenvalue weighted by molar-refractivity contribution is 0.291. The van der Waals surface area contributed by atoms with E-state index in [0.717, 1.165) is 8.87 Å². The van der Waals surface area contributed by atoms with Gasteiger partial charge in [0.25, 0.3) is 5.56 Å². The Labute approximate surface area is 156 Å². The van der Waals surface area contributed by atoms with Gasteiger partial charge in [-0.2, -0.15) is 5.26 Å². The predicted octanol–water partition coefficient (Wildman–Crippen LogP) is 0.231. The van der Waals surface area contributed by atoms with Crippen molar-refractivity contribution in [2.24, 2.45) is 0 Å². The van der Waals surface area contributed by atoms with Crippen LogP contribution in [0.5, 0.6) is 5.75 Å². The Kier molecular flexibility index (Phi) is 6.20. The Morgan fingerprint density at radius 3 is 2.33 bits per heavy atom. The number of nitriles is 1. The average molecular weight is 392 g/mol. The number of benzene rings is 1. The van der Waals surface area contributed by atoms with Gasteiger partial charge in [0.1, 0.15) is 24.0 Å². The van der Waals surface area contributed by atoms with Gasteiger partial charge in [-0.05, 0) is 31.2 Å². The molecule has 0 N–H and O–H groups in total. The number of hydrogen-bond acceptors (Lipinski definition) is 6. The fraction of sp³-hybridized carbons (Fsp3) is 0.353. The monoisotopic (exact) mass is 392 g/mol. The normalized spacial score (nSPS) is 11.4. The molecule has 0 aliphatic rings. The van der Waals surface area contributed by atoms with Crippen molar-refractivity contribution in [3.8, 4) is 11.8 Å². The molecule has 0 spiro atoms. The second-order valence-electron chi connectivity index (χ2n) is 5.79. The molecule has 0 radical (unpaired) electrons. The number of ether oxygens (including phenoxy) is 1. The van der Waals surface area contributed by atoms with Crippen LogP contribution in [0.15, 0.2) is 44.9 Å². The van der Waals surface area contributed by atoms with Crippen LogP contribution in [0.25, 0.3) is 0 Å². The van der Waals surface area contributed by atoms with E-state index in [1.54, 1.807) is 13.0 Å². The van der Waals surface area contributed by atoms with Crippen molar-refractivity contribution in [3.05, 3.63) is 56.9 Å². The van der Waals surface area contributed by atoms with Gasteiger partial charge in [-0.3, -0.25) is 13.9 Å². The Morgan fingerprint density at radius 1 is 1.19 bits per heavy atom. The third-order valence-corrected chi connectivity index (χ3v) is 5.71. The van der Waals surface area contributed by atoms with E-state index < -0.39 is 21.3 Å². The largest absolute Gasteiger partial charge is 0.492 e. The third-order valence-electron chi connectivity index (χ3n) is 3.88. The van der Waals surface area contributed by atoms with Gasteiger partial charge in [0.15, 0.2) is 0 Å². The maximum atomic E-state index is 12.2. The molecule has 0 unspecified atom stereocenters. The molecule has 2 aromatic rings. The molecule has 0 aliphatic carbocycles. The lowest BCUT2D eigenvalue weighted by Gasteiger charge is -2.13. The van der Waals surface area contributed by atoms with E-state index in [1.807, 2.05) is 0 Å². The molecular formula is C17H20N4O5S. The first kappa shape index (κ1) is 20.4. The van der Waals surface area contributed by atoms with E-state index in [0.29, 0.717) is 12.3 Å². The van der Waals surface area contributed by atoms with Crippen LogP contribution in [0.4, 0.5) is 0 Å². The zero-order valence-electron chi connectivity index (χ0n) is 15.2. The number of rotatable bonds is 7. The number of hydrogen-bond donors (Lipinski definition) is 0. The van der Waals surface area contributed by atoms with Crippen LogP contribution in [-0.4, -0.2) is 42.6 Å². The average Bonchev–Trinajstić information content (AvgIpc) is 2.65. The zero-order valence-corrected chi connectivity index (χ0v) is 16.1. The van der Waals surface area contributed by atoms with Crippen molar-refractivity contribution in [1.29, 1.82) is 5.26 Å². The standard InChI is InChI=1S/C17H20N4O5S/c1-4-20-12-13(11-18)16(22)21(17(20)23)9-10-26-14-5-7-15(8-6-14)27(24,25)19(2)3/h5-8,12H,4,9-10H2,1-3H3. The molecule has 2 rings (SSSR count). The Hall–Kier alpha value is -2.90. The van der Waals surface area contributed by atoms with Crippen LogP contribution in [-0.2, 0) is 23.1 Å². The van der Waals surface area contributed by atoms with Crippen molar-refractivity contribution >= 4 is 10.0 Å². The van der Waals surface area contributed by atoms with Gasteiger partial charge in [-0.25, -0.2) is 17.5 Å². The maximum absolute atomic E-state index is 12.2. The van der Waals surface area contributed by atoms with Crippen molar-refractivity contribution in [1.82, 2.24) is 13.4 Å². The minimum absolute atomic E-state index is 0.00746. The summed E-state index contributed by atoms with van der Waals surface area (Å²) in [7, 11) is -0.645. The lowest BCUT2D eigenvalue weighted by Crippen LogP contribution is -2.41. The van der Waals surface area contributed by atoms with Crippen LogP contribution in [0.1, 0.15) is 12.5 Å². The summed E-state index contributed by atoms with van der Waals surface area (Å²) in [4.78, 5) is 24.5. The first-order chi connectivity index (χ1) is 12.7. The fourth-order valence-corrected chi connectivity index (χ4v) is 3.23.